The minimum Gasteiger partial charge on any atom is -0.457 e. The van der Waals surface area contributed by atoms with Gasteiger partial charge in [0.05, 0.1) is 17.6 Å². The number of carbonyl (C=O) groups is 1. The molecule has 0 fully saturated rings. The number of ether oxygens (including phenoxy) is 1. The van der Waals surface area contributed by atoms with Crippen molar-refractivity contribution in [3.63, 3.8) is 0 Å². The maximum absolute atomic E-state index is 12.3. The van der Waals surface area contributed by atoms with Crippen molar-refractivity contribution < 1.29 is 9.53 Å². The molecule has 128 valence electrons. The van der Waals surface area contributed by atoms with Crippen LogP contribution in [0.3, 0.4) is 0 Å². The molecule has 0 aliphatic heterocycles. The zero-order valence-corrected chi connectivity index (χ0v) is 13.8. The predicted octanol–water partition coefficient (Wildman–Crippen LogP) is 2.50. The molecule has 0 radical (unpaired) electrons. The van der Waals surface area contributed by atoms with Gasteiger partial charge in [-0.25, -0.2) is 0 Å². The highest BCUT2D eigenvalue weighted by Gasteiger charge is 2.13. The summed E-state index contributed by atoms with van der Waals surface area (Å²) in [4.78, 5) is 16.6. The van der Waals surface area contributed by atoms with Crippen molar-refractivity contribution >= 4 is 16.9 Å². The summed E-state index contributed by atoms with van der Waals surface area (Å²) < 4.78 is 6.92. The number of tetrazole rings is 1. The molecule has 0 aliphatic carbocycles. The number of benzene rings is 2. The van der Waals surface area contributed by atoms with E-state index in [1.54, 1.807) is 10.9 Å². The van der Waals surface area contributed by atoms with Gasteiger partial charge >= 0.3 is 5.97 Å². The highest BCUT2D eigenvalue weighted by Crippen LogP contribution is 2.17. The topological polar surface area (TPSA) is 82.8 Å². The van der Waals surface area contributed by atoms with E-state index < -0.39 is 0 Å². The Morgan fingerprint density at radius 2 is 1.85 bits per heavy atom. The molecule has 0 saturated heterocycles. The average molecular weight is 345 g/mol. The van der Waals surface area contributed by atoms with Crippen molar-refractivity contribution in [3.8, 4) is 5.69 Å². The molecule has 4 rings (SSSR count). The first-order chi connectivity index (χ1) is 12.8. The van der Waals surface area contributed by atoms with E-state index in [4.69, 9.17) is 4.74 Å². The van der Waals surface area contributed by atoms with Gasteiger partial charge in [0.25, 0.3) is 0 Å². The zero-order chi connectivity index (χ0) is 17.8. The summed E-state index contributed by atoms with van der Waals surface area (Å²) in [6, 6.07) is 19.0. The van der Waals surface area contributed by atoms with Gasteiger partial charge in [0.1, 0.15) is 0 Å². The van der Waals surface area contributed by atoms with Crippen molar-refractivity contribution in [2.24, 2.45) is 0 Å². The Bertz CT molecular complexity index is 1040. The fourth-order valence-corrected chi connectivity index (χ4v) is 2.73. The number of aromatic nitrogens is 5. The van der Waals surface area contributed by atoms with Crippen LogP contribution < -0.4 is 0 Å². The SMILES string of the molecule is O=C(Cc1cccc2cccnc12)OCc1nnnn1-c1ccccc1. The van der Waals surface area contributed by atoms with Gasteiger partial charge in [0.2, 0.25) is 0 Å². The Morgan fingerprint density at radius 1 is 1.00 bits per heavy atom. The number of esters is 1. The van der Waals surface area contributed by atoms with E-state index in [-0.39, 0.29) is 19.0 Å². The predicted molar refractivity (Wildman–Crippen MR) is 94.4 cm³/mol. The lowest BCUT2D eigenvalue weighted by Crippen LogP contribution is -2.12. The minimum absolute atomic E-state index is 0.00107. The van der Waals surface area contributed by atoms with Gasteiger partial charge in [0.15, 0.2) is 12.4 Å². The Labute approximate surface area is 149 Å². The number of carbonyl (C=O) groups excluding carboxylic acids is 1. The normalized spacial score (nSPS) is 10.8. The van der Waals surface area contributed by atoms with Gasteiger partial charge in [0, 0.05) is 11.6 Å². The van der Waals surface area contributed by atoms with Gasteiger partial charge in [-0.1, -0.05) is 42.5 Å². The van der Waals surface area contributed by atoms with E-state index in [0.29, 0.717) is 5.82 Å². The molecular formula is C19H15N5O2. The molecular weight excluding hydrogens is 330 g/mol. The van der Waals surface area contributed by atoms with Gasteiger partial charge in [-0.2, -0.15) is 4.68 Å². The fourth-order valence-electron chi connectivity index (χ4n) is 2.73. The third kappa shape index (κ3) is 3.27. The van der Waals surface area contributed by atoms with Crippen LogP contribution in [-0.4, -0.2) is 31.2 Å². The summed E-state index contributed by atoms with van der Waals surface area (Å²) in [6.45, 7) is -0.00107. The van der Waals surface area contributed by atoms with E-state index in [2.05, 4.69) is 20.5 Å². The molecule has 26 heavy (non-hydrogen) atoms. The molecule has 0 N–H and O–H groups in total. The number of para-hydroxylation sites is 2. The number of pyridine rings is 1. The van der Waals surface area contributed by atoms with Crippen molar-refractivity contribution in [2.75, 3.05) is 0 Å². The van der Waals surface area contributed by atoms with Crippen molar-refractivity contribution in [1.82, 2.24) is 25.2 Å². The van der Waals surface area contributed by atoms with Crippen LogP contribution in [0.2, 0.25) is 0 Å². The third-order valence-electron chi connectivity index (χ3n) is 3.95. The lowest BCUT2D eigenvalue weighted by atomic mass is 10.1. The van der Waals surface area contributed by atoms with Crippen LogP contribution in [0.1, 0.15) is 11.4 Å². The Balaban J connectivity index is 1.46. The van der Waals surface area contributed by atoms with Crippen LogP contribution in [-0.2, 0) is 22.6 Å². The van der Waals surface area contributed by atoms with Crippen molar-refractivity contribution in [2.45, 2.75) is 13.0 Å². The molecule has 0 aliphatic rings. The maximum Gasteiger partial charge on any atom is 0.310 e. The van der Waals surface area contributed by atoms with Crippen LogP contribution in [0, 0.1) is 0 Å². The summed E-state index contributed by atoms with van der Waals surface area (Å²) in [5.74, 6) is 0.103. The number of nitrogens with zero attached hydrogens (tertiary/aromatic N) is 5. The van der Waals surface area contributed by atoms with E-state index in [0.717, 1.165) is 22.2 Å². The molecule has 7 nitrogen and oxygen atoms in total. The molecule has 4 aromatic rings. The van der Waals surface area contributed by atoms with Crippen LogP contribution in [0.15, 0.2) is 66.9 Å². The van der Waals surface area contributed by atoms with E-state index in [9.17, 15) is 4.79 Å². The van der Waals surface area contributed by atoms with Crippen molar-refractivity contribution in [3.05, 3.63) is 78.2 Å². The highest BCUT2D eigenvalue weighted by atomic mass is 16.5. The molecule has 2 heterocycles. The number of hydrogen-bond donors (Lipinski definition) is 0. The Morgan fingerprint density at radius 3 is 2.73 bits per heavy atom. The molecule has 0 spiro atoms. The van der Waals surface area contributed by atoms with E-state index >= 15 is 0 Å². The largest absolute Gasteiger partial charge is 0.457 e. The summed E-state index contributed by atoms with van der Waals surface area (Å²) in [6.07, 6.45) is 1.85. The summed E-state index contributed by atoms with van der Waals surface area (Å²) in [5.41, 5.74) is 2.44. The quantitative estimate of drug-likeness (QED) is 0.517. The van der Waals surface area contributed by atoms with Crippen LogP contribution in [0.4, 0.5) is 0 Å². The van der Waals surface area contributed by atoms with E-state index in [1.165, 1.54) is 0 Å². The lowest BCUT2D eigenvalue weighted by molar-refractivity contribution is -0.144. The second-order valence-corrected chi connectivity index (χ2v) is 5.67. The van der Waals surface area contributed by atoms with Gasteiger partial charge < -0.3 is 4.74 Å². The Hall–Kier alpha value is -3.61. The van der Waals surface area contributed by atoms with Gasteiger partial charge in [-0.3, -0.25) is 9.78 Å². The van der Waals surface area contributed by atoms with Gasteiger partial charge in [-0.15, -0.1) is 5.10 Å². The second kappa shape index (κ2) is 7.10. The third-order valence-corrected chi connectivity index (χ3v) is 3.95. The molecule has 0 amide bonds. The smallest absolute Gasteiger partial charge is 0.310 e. The number of fused-ring (bicyclic) bond motifs is 1. The Kier molecular flexibility index (Phi) is 4.34. The molecule has 0 atom stereocenters. The summed E-state index contributed by atoms with van der Waals surface area (Å²) in [7, 11) is 0. The number of rotatable bonds is 5. The first-order valence-corrected chi connectivity index (χ1v) is 8.12. The zero-order valence-electron chi connectivity index (χ0n) is 13.8. The maximum atomic E-state index is 12.3. The first-order valence-electron chi connectivity index (χ1n) is 8.12. The number of hydrogen-bond acceptors (Lipinski definition) is 6. The average Bonchev–Trinajstić information content (AvgIpc) is 3.16. The standard InChI is InChI=1S/C19H15N5O2/c25-18(12-15-7-4-6-14-8-5-11-20-19(14)15)26-13-17-21-22-23-24(17)16-9-2-1-3-10-16/h1-11H,12-13H2. The van der Waals surface area contributed by atoms with Crippen LogP contribution in [0.5, 0.6) is 0 Å². The fraction of sp³-hybridized carbons (Fsp3) is 0.105. The lowest BCUT2D eigenvalue weighted by Gasteiger charge is -2.07. The van der Waals surface area contributed by atoms with Crippen molar-refractivity contribution in [1.29, 1.82) is 0 Å². The van der Waals surface area contributed by atoms with E-state index in [1.807, 2.05) is 60.7 Å². The summed E-state index contributed by atoms with van der Waals surface area (Å²) in [5, 5.41) is 12.5. The molecule has 2 aromatic carbocycles. The molecule has 0 saturated carbocycles. The van der Waals surface area contributed by atoms with Crippen LogP contribution >= 0.6 is 0 Å². The highest BCUT2D eigenvalue weighted by molar-refractivity contribution is 5.85. The molecule has 0 bridgehead atoms. The first kappa shape index (κ1) is 15.9. The second-order valence-electron chi connectivity index (χ2n) is 5.67. The molecule has 0 unspecified atom stereocenters. The minimum atomic E-state index is -0.356. The molecule has 2 aromatic heterocycles. The molecule has 7 heteroatoms. The van der Waals surface area contributed by atoms with Gasteiger partial charge in [-0.05, 0) is 34.2 Å². The summed E-state index contributed by atoms with van der Waals surface area (Å²) >= 11 is 0. The monoisotopic (exact) mass is 345 g/mol. The van der Waals surface area contributed by atoms with Crippen LogP contribution in [0.25, 0.3) is 16.6 Å².